The predicted octanol–water partition coefficient (Wildman–Crippen LogP) is 3.07. The summed E-state index contributed by atoms with van der Waals surface area (Å²) in [5.74, 6) is -1.86. The van der Waals surface area contributed by atoms with Crippen molar-refractivity contribution < 1.29 is 23.0 Å². The number of carbonyl (C=O) groups excluding carboxylic acids is 1. The molecule has 0 N–H and O–H groups in total. The first-order valence-electron chi connectivity index (χ1n) is 6.12. The first-order valence-corrected chi connectivity index (χ1v) is 6.12. The van der Waals surface area contributed by atoms with Crippen LogP contribution in [0.5, 0.6) is 0 Å². The highest BCUT2D eigenvalue weighted by Gasteiger charge is 2.25. The van der Waals surface area contributed by atoms with Crippen LogP contribution in [0.4, 0.5) is 8.78 Å². The first kappa shape index (κ1) is 15.6. The van der Waals surface area contributed by atoms with Crippen molar-refractivity contribution in [3.63, 3.8) is 0 Å². The van der Waals surface area contributed by atoms with Gasteiger partial charge >= 0.3 is 5.97 Å². The Balaban J connectivity index is 2.72. The van der Waals surface area contributed by atoms with Crippen molar-refractivity contribution in [3.8, 4) is 0 Å². The highest BCUT2D eigenvalue weighted by atomic mass is 19.1. The summed E-state index contributed by atoms with van der Waals surface area (Å²) in [5, 5.41) is 0. The number of carbonyl (C=O) groups is 1. The second-order valence-electron chi connectivity index (χ2n) is 4.42. The zero-order chi connectivity index (χ0) is 14.4. The van der Waals surface area contributed by atoms with Crippen LogP contribution >= 0.6 is 0 Å². The molecule has 1 aromatic rings. The van der Waals surface area contributed by atoms with Gasteiger partial charge in [-0.05, 0) is 23.6 Å². The molecule has 1 aromatic carbocycles. The molecule has 0 aliphatic rings. The number of hydrogen-bond donors (Lipinski definition) is 0. The fraction of sp³-hybridized carbons (Fsp3) is 0.500. The largest absolute Gasteiger partial charge is 0.467 e. The van der Waals surface area contributed by atoms with Gasteiger partial charge in [0, 0.05) is 6.07 Å². The summed E-state index contributed by atoms with van der Waals surface area (Å²) >= 11 is 0. The van der Waals surface area contributed by atoms with Crippen LogP contribution in [0.2, 0.25) is 0 Å². The molecule has 0 unspecified atom stereocenters. The molecule has 3 nitrogen and oxygen atoms in total. The minimum atomic E-state index is -0.735. The van der Waals surface area contributed by atoms with Crippen LogP contribution in [-0.4, -0.2) is 19.2 Å². The van der Waals surface area contributed by atoms with Gasteiger partial charge in [-0.2, -0.15) is 0 Å². The minimum absolute atomic E-state index is 0.0362. The van der Waals surface area contributed by atoms with Gasteiger partial charge in [0.1, 0.15) is 11.6 Å². The van der Waals surface area contributed by atoms with Gasteiger partial charge in [-0.15, -0.1) is 0 Å². The zero-order valence-electron chi connectivity index (χ0n) is 11.3. The molecule has 0 amide bonds. The van der Waals surface area contributed by atoms with Gasteiger partial charge in [0.15, 0.2) is 6.10 Å². The van der Waals surface area contributed by atoms with E-state index < -0.39 is 23.7 Å². The molecular weight excluding hydrogens is 254 g/mol. The third-order valence-electron chi connectivity index (χ3n) is 2.95. The molecular formula is C14H18F2O3. The number of ether oxygens (including phenoxy) is 2. The van der Waals surface area contributed by atoms with E-state index in [9.17, 15) is 13.6 Å². The highest BCUT2D eigenvalue weighted by Crippen LogP contribution is 2.16. The second-order valence-corrected chi connectivity index (χ2v) is 4.42. The summed E-state index contributed by atoms with van der Waals surface area (Å²) in [6.45, 7) is 3.73. The van der Waals surface area contributed by atoms with E-state index in [1.54, 1.807) is 0 Å². The zero-order valence-corrected chi connectivity index (χ0v) is 11.3. The summed E-state index contributed by atoms with van der Waals surface area (Å²) in [5.41, 5.74) is 0.342. The average molecular weight is 272 g/mol. The standard InChI is InChI=1S/C14H18F2O3/c1-4-9(2)13(14(17)18-3)19-8-10-5-11(15)7-12(16)6-10/h5-7,9,13H,4,8H2,1-3H3/t9-,13-/m0/s1. The smallest absolute Gasteiger partial charge is 0.335 e. The number of halogens is 2. The molecule has 5 heteroatoms. The summed E-state index contributed by atoms with van der Waals surface area (Å²) in [6, 6.07) is 3.14. The number of benzene rings is 1. The van der Waals surface area contributed by atoms with Gasteiger partial charge in [0.05, 0.1) is 13.7 Å². The lowest BCUT2D eigenvalue weighted by molar-refractivity contribution is -0.158. The van der Waals surface area contributed by atoms with Crippen molar-refractivity contribution in [2.24, 2.45) is 5.92 Å². The first-order chi connectivity index (χ1) is 8.97. The Morgan fingerprint density at radius 2 is 1.84 bits per heavy atom. The summed E-state index contributed by atoms with van der Waals surface area (Å²) in [7, 11) is 1.28. The van der Waals surface area contributed by atoms with E-state index in [0.29, 0.717) is 5.56 Å². The highest BCUT2D eigenvalue weighted by molar-refractivity contribution is 5.74. The molecule has 0 radical (unpaired) electrons. The van der Waals surface area contributed by atoms with Crippen molar-refractivity contribution in [1.82, 2.24) is 0 Å². The Kier molecular flexibility index (Phi) is 5.89. The molecule has 0 aliphatic carbocycles. The lowest BCUT2D eigenvalue weighted by Gasteiger charge is -2.21. The summed E-state index contributed by atoms with van der Waals surface area (Å²) in [6.07, 6.45) is -0.00147. The van der Waals surface area contributed by atoms with Crippen molar-refractivity contribution in [2.75, 3.05) is 7.11 Å². The quantitative estimate of drug-likeness (QED) is 0.747. The summed E-state index contributed by atoms with van der Waals surface area (Å²) in [4.78, 5) is 11.6. The normalized spacial score (nSPS) is 13.9. The molecule has 0 aromatic heterocycles. The van der Waals surface area contributed by atoms with Crippen molar-refractivity contribution >= 4 is 5.97 Å². The Hall–Kier alpha value is -1.49. The van der Waals surface area contributed by atoms with Crippen molar-refractivity contribution in [1.29, 1.82) is 0 Å². The maximum Gasteiger partial charge on any atom is 0.335 e. The van der Waals surface area contributed by atoms with Gasteiger partial charge in [-0.1, -0.05) is 20.3 Å². The minimum Gasteiger partial charge on any atom is -0.467 e. The van der Waals surface area contributed by atoms with E-state index >= 15 is 0 Å². The molecule has 106 valence electrons. The van der Waals surface area contributed by atoms with E-state index in [4.69, 9.17) is 4.74 Å². The number of esters is 1. The van der Waals surface area contributed by atoms with Gasteiger partial charge in [0.2, 0.25) is 0 Å². The molecule has 0 saturated carbocycles. The second kappa shape index (κ2) is 7.19. The van der Waals surface area contributed by atoms with Gasteiger partial charge < -0.3 is 9.47 Å². The SMILES string of the molecule is CC[C@H](C)[C@H](OCc1cc(F)cc(F)c1)C(=O)OC. The van der Waals surface area contributed by atoms with Crippen LogP contribution < -0.4 is 0 Å². The van der Waals surface area contributed by atoms with Crippen LogP contribution in [0, 0.1) is 17.6 Å². The predicted molar refractivity (Wildman–Crippen MR) is 66.4 cm³/mol. The Labute approximate surface area is 111 Å². The average Bonchev–Trinajstić information content (AvgIpc) is 2.37. The summed E-state index contributed by atoms with van der Waals surface area (Å²) < 4.78 is 36.1. The van der Waals surface area contributed by atoms with Gasteiger partial charge in [0.25, 0.3) is 0 Å². The lowest BCUT2D eigenvalue weighted by atomic mass is 10.0. The fourth-order valence-electron chi connectivity index (χ4n) is 1.68. The van der Waals surface area contributed by atoms with E-state index in [1.165, 1.54) is 19.2 Å². The van der Waals surface area contributed by atoms with Crippen LogP contribution in [0.25, 0.3) is 0 Å². The van der Waals surface area contributed by atoms with E-state index in [1.807, 2.05) is 13.8 Å². The van der Waals surface area contributed by atoms with E-state index in [0.717, 1.165) is 12.5 Å². The van der Waals surface area contributed by atoms with Gasteiger partial charge in [-0.25, -0.2) is 13.6 Å². The monoisotopic (exact) mass is 272 g/mol. The number of hydrogen-bond acceptors (Lipinski definition) is 3. The molecule has 0 fully saturated rings. The van der Waals surface area contributed by atoms with Crippen LogP contribution in [0.3, 0.4) is 0 Å². The molecule has 2 atom stereocenters. The third-order valence-corrected chi connectivity index (χ3v) is 2.95. The molecule has 0 bridgehead atoms. The van der Waals surface area contributed by atoms with Crippen LogP contribution in [0.15, 0.2) is 18.2 Å². The van der Waals surface area contributed by atoms with Gasteiger partial charge in [-0.3, -0.25) is 0 Å². The van der Waals surface area contributed by atoms with E-state index in [2.05, 4.69) is 4.74 Å². The third kappa shape index (κ3) is 4.59. The molecule has 0 spiro atoms. The van der Waals surface area contributed by atoms with Crippen molar-refractivity contribution in [2.45, 2.75) is 33.0 Å². The van der Waals surface area contributed by atoms with E-state index in [-0.39, 0.29) is 12.5 Å². The fourth-order valence-corrected chi connectivity index (χ4v) is 1.68. The molecule has 0 saturated heterocycles. The maximum absolute atomic E-state index is 13.0. The maximum atomic E-state index is 13.0. The Morgan fingerprint density at radius 1 is 1.26 bits per heavy atom. The Bertz CT molecular complexity index is 414. The lowest BCUT2D eigenvalue weighted by Crippen LogP contribution is -2.31. The van der Waals surface area contributed by atoms with Crippen LogP contribution in [-0.2, 0) is 20.9 Å². The number of methoxy groups -OCH3 is 1. The number of rotatable bonds is 6. The topological polar surface area (TPSA) is 35.5 Å². The molecule has 0 heterocycles. The van der Waals surface area contributed by atoms with Crippen LogP contribution in [0.1, 0.15) is 25.8 Å². The molecule has 0 aliphatic heterocycles. The molecule has 19 heavy (non-hydrogen) atoms. The van der Waals surface area contributed by atoms with Crippen molar-refractivity contribution in [3.05, 3.63) is 35.4 Å². The Morgan fingerprint density at radius 3 is 2.32 bits per heavy atom. The molecule has 1 rings (SSSR count).